The minimum Gasteiger partial charge on any atom is -0.308 e. The number of hydrogen-bond acceptors (Lipinski definition) is 2. The molecule has 13 aromatic rings. The third-order valence-electron chi connectivity index (χ3n) is 14.0. The molecule has 4 heterocycles. The van der Waals surface area contributed by atoms with Crippen LogP contribution in [0.5, 0.6) is 0 Å². The zero-order valence-corrected chi connectivity index (χ0v) is 40.3. The first-order chi connectivity index (χ1) is 32.9. The highest BCUT2D eigenvalue weighted by Gasteiger charge is 2.39. The molecule has 0 aliphatic rings. The lowest BCUT2D eigenvalue weighted by Gasteiger charge is -2.38. The Hall–Kier alpha value is -7.12. The lowest BCUT2D eigenvalue weighted by molar-refractivity contribution is 0.565. The van der Waals surface area contributed by atoms with Crippen molar-refractivity contribution < 1.29 is 8.78 Å². The van der Waals surface area contributed by atoms with E-state index in [2.05, 4.69) is 172 Å². The fraction of sp³-hybridized carbons (Fsp3) is 0.129. The summed E-state index contributed by atoms with van der Waals surface area (Å²) in [5.74, 6) is -0.592. The number of thiophene rings is 2. The number of fused-ring (bicyclic) bond motifs is 14. The smallest absolute Gasteiger partial charge is 0.123 e. The fourth-order valence-corrected chi connectivity index (χ4v) is 13.6. The second-order valence-corrected chi connectivity index (χ2v) is 22.4. The van der Waals surface area contributed by atoms with Crippen molar-refractivity contribution in [1.82, 2.24) is 9.13 Å². The van der Waals surface area contributed by atoms with E-state index in [-0.39, 0.29) is 11.6 Å². The Balaban J connectivity index is 1.38. The molecule has 4 aromatic heterocycles. The van der Waals surface area contributed by atoms with Crippen molar-refractivity contribution in [2.24, 2.45) is 0 Å². The Bertz CT molecular complexity index is 4140. The largest absolute Gasteiger partial charge is 0.308 e. The average molecular weight is 921 g/mol. The zero-order valence-electron chi connectivity index (χ0n) is 38.6. The van der Waals surface area contributed by atoms with Gasteiger partial charge in [0.25, 0.3) is 0 Å². The minimum absolute atomic E-state index is 0.296. The Labute approximate surface area is 400 Å². The van der Waals surface area contributed by atoms with Gasteiger partial charge in [0, 0.05) is 73.0 Å². The van der Waals surface area contributed by atoms with E-state index < -0.39 is 10.8 Å². The summed E-state index contributed by atoms with van der Waals surface area (Å²) in [5.41, 5.74) is 11.6. The third kappa shape index (κ3) is 5.90. The first-order valence-corrected chi connectivity index (χ1v) is 24.9. The van der Waals surface area contributed by atoms with Crippen molar-refractivity contribution in [3.8, 4) is 33.6 Å². The van der Waals surface area contributed by atoms with Crippen molar-refractivity contribution in [2.75, 3.05) is 0 Å². The van der Waals surface area contributed by atoms with E-state index in [1.54, 1.807) is 24.3 Å². The van der Waals surface area contributed by atoms with Gasteiger partial charge in [0.05, 0.1) is 33.4 Å². The molecule has 9 aromatic carbocycles. The second-order valence-electron chi connectivity index (χ2n) is 20.3. The Morgan fingerprint density at radius 3 is 1.13 bits per heavy atom. The van der Waals surface area contributed by atoms with Gasteiger partial charge in [0.1, 0.15) is 11.6 Å². The van der Waals surface area contributed by atoms with Crippen LogP contribution in [0.1, 0.15) is 52.7 Å². The predicted octanol–water partition coefficient (Wildman–Crippen LogP) is 18.8. The minimum atomic E-state index is -0.499. The summed E-state index contributed by atoms with van der Waals surface area (Å²) in [7, 11) is 0. The molecule has 0 aliphatic carbocycles. The standard InChI is InChI=1S/C62H46F2N2S2/c1-61(2,3)55-51(35-23-27-37(63)28-24-35)59(65-45-19-11-7-15-39(45)41-31-33-49-53(57(41)65)43-17-9-13-21-47(43)67-49)52(36-25-29-38(64)30-26-36)56(62(4,5)6)60(55)66-46-20-12-8-16-40(46)42-32-34-50-54(58(42)66)44-18-10-14-22-48(44)68-50/h7-34H,1-6H3. The highest BCUT2D eigenvalue weighted by Crippen LogP contribution is 2.56. The van der Waals surface area contributed by atoms with Crippen molar-refractivity contribution in [1.29, 1.82) is 0 Å². The van der Waals surface area contributed by atoms with Gasteiger partial charge in [-0.2, -0.15) is 0 Å². The SMILES string of the molecule is CC(C)(C)c1c(-c2ccc(F)cc2)c(-n2c3ccccc3c3ccc4sc5ccccc5c4c32)c(-c2ccc(F)cc2)c(C(C)(C)C)c1-n1c2ccccc2c2ccc3sc4ccccc4c3c21. The lowest BCUT2D eigenvalue weighted by atomic mass is 9.71. The first-order valence-electron chi connectivity index (χ1n) is 23.3. The van der Waals surface area contributed by atoms with Crippen molar-refractivity contribution in [3.05, 3.63) is 193 Å². The average Bonchev–Trinajstić information content (AvgIpc) is 4.08. The highest BCUT2D eigenvalue weighted by atomic mass is 32.1. The van der Waals surface area contributed by atoms with Crippen LogP contribution in [0.3, 0.4) is 0 Å². The van der Waals surface area contributed by atoms with Gasteiger partial charge in [0.2, 0.25) is 0 Å². The van der Waals surface area contributed by atoms with Crippen LogP contribution in [-0.4, -0.2) is 9.13 Å². The number of para-hydroxylation sites is 2. The van der Waals surface area contributed by atoms with Crippen LogP contribution in [0.4, 0.5) is 8.78 Å². The predicted molar refractivity (Wildman–Crippen MR) is 289 cm³/mol. The van der Waals surface area contributed by atoms with E-state index in [0.29, 0.717) is 0 Å². The summed E-state index contributed by atoms with van der Waals surface area (Å²) in [6, 6.07) is 58.4. The van der Waals surface area contributed by atoms with Gasteiger partial charge >= 0.3 is 0 Å². The van der Waals surface area contributed by atoms with Crippen LogP contribution in [0, 0.1) is 11.6 Å². The van der Waals surface area contributed by atoms with Gasteiger partial charge < -0.3 is 9.13 Å². The number of nitrogens with zero attached hydrogens (tertiary/aromatic N) is 2. The normalized spacial score (nSPS) is 12.7. The molecule has 0 fully saturated rings. The molecule has 13 rings (SSSR count). The molecule has 6 heteroatoms. The van der Waals surface area contributed by atoms with E-state index in [9.17, 15) is 0 Å². The summed E-state index contributed by atoms with van der Waals surface area (Å²) >= 11 is 3.65. The lowest BCUT2D eigenvalue weighted by Crippen LogP contribution is -2.26. The van der Waals surface area contributed by atoms with Crippen molar-refractivity contribution in [3.63, 3.8) is 0 Å². The number of hydrogen-bond donors (Lipinski definition) is 0. The van der Waals surface area contributed by atoms with Crippen molar-refractivity contribution in [2.45, 2.75) is 52.4 Å². The Morgan fingerprint density at radius 1 is 0.353 bits per heavy atom. The molecule has 2 nitrogen and oxygen atoms in total. The van der Waals surface area contributed by atoms with Gasteiger partial charge in [-0.25, -0.2) is 8.78 Å². The van der Waals surface area contributed by atoms with Gasteiger partial charge in [-0.15, -0.1) is 22.7 Å². The van der Waals surface area contributed by atoms with Gasteiger partial charge in [-0.3, -0.25) is 0 Å². The second kappa shape index (κ2) is 14.7. The Morgan fingerprint density at radius 2 is 0.721 bits per heavy atom. The third-order valence-corrected chi connectivity index (χ3v) is 16.3. The van der Waals surface area contributed by atoms with E-state index >= 15 is 8.78 Å². The molecule has 330 valence electrons. The van der Waals surface area contributed by atoms with E-state index in [4.69, 9.17) is 0 Å². The number of halogens is 2. The topological polar surface area (TPSA) is 9.86 Å². The van der Waals surface area contributed by atoms with E-state index in [1.807, 2.05) is 46.9 Å². The number of aromatic nitrogens is 2. The molecular formula is C62H46F2N2S2. The summed E-state index contributed by atoms with van der Waals surface area (Å²) in [5, 5.41) is 9.50. The monoisotopic (exact) mass is 920 g/mol. The molecule has 0 N–H and O–H groups in total. The van der Waals surface area contributed by atoms with Gasteiger partial charge in [-0.1, -0.05) is 151 Å². The molecule has 0 saturated carbocycles. The van der Waals surface area contributed by atoms with Crippen LogP contribution in [0.2, 0.25) is 0 Å². The maximum absolute atomic E-state index is 15.5. The van der Waals surface area contributed by atoms with E-state index in [1.165, 1.54) is 51.1 Å². The molecule has 0 amide bonds. The summed E-state index contributed by atoms with van der Waals surface area (Å²) in [6.45, 7) is 14.0. The van der Waals surface area contributed by atoms with Crippen LogP contribution in [0.25, 0.3) is 118 Å². The maximum Gasteiger partial charge on any atom is 0.123 e. The fourth-order valence-electron chi connectivity index (χ4n) is 11.4. The molecule has 0 bridgehead atoms. The number of rotatable bonds is 4. The molecular weight excluding hydrogens is 875 g/mol. The van der Waals surface area contributed by atoms with Crippen LogP contribution < -0.4 is 0 Å². The van der Waals surface area contributed by atoms with Gasteiger partial charge in [-0.05, 0) is 93.7 Å². The summed E-state index contributed by atoms with van der Waals surface area (Å²) < 4.78 is 40.9. The molecule has 0 unspecified atom stereocenters. The first kappa shape index (κ1) is 41.1. The van der Waals surface area contributed by atoms with E-state index in [0.717, 1.165) is 77.6 Å². The molecule has 0 aliphatic heterocycles. The van der Waals surface area contributed by atoms with Crippen LogP contribution in [0.15, 0.2) is 170 Å². The maximum atomic E-state index is 15.5. The molecule has 68 heavy (non-hydrogen) atoms. The highest BCUT2D eigenvalue weighted by molar-refractivity contribution is 7.26. The number of benzene rings is 9. The molecule has 0 saturated heterocycles. The summed E-state index contributed by atoms with van der Waals surface area (Å²) in [4.78, 5) is 0. The Kier molecular flexibility index (Phi) is 8.88. The zero-order chi connectivity index (χ0) is 46.4. The molecule has 0 radical (unpaired) electrons. The quantitative estimate of drug-likeness (QED) is 0.166. The van der Waals surface area contributed by atoms with Crippen LogP contribution >= 0.6 is 22.7 Å². The van der Waals surface area contributed by atoms with Crippen LogP contribution in [-0.2, 0) is 10.8 Å². The molecule has 0 spiro atoms. The molecule has 0 atom stereocenters. The van der Waals surface area contributed by atoms with Crippen molar-refractivity contribution >= 4 is 107 Å². The van der Waals surface area contributed by atoms with Gasteiger partial charge in [0.15, 0.2) is 0 Å². The summed E-state index contributed by atoms with van der Waals surface area (Å²) in [6.07, 6.45) is 0.